The maximum atomic E-state index is 12.9. The molecule has 0 radical (unpaired) electrons. The van der Waals surface area contributed by atoms with E-state index in [-0.39, 0.29) is 12.2 Å². The molecule has 4 atom stereocenters. The molecule has 1 aromatic heterocycles. The first-order chi connectivity index (χ1) is 16.1. The molecule has 1 aromatic carbocycles. The number of aliphatic hydroxyl groups excluding tert-OH is 2. The average Bonchev–Trinajstić information content (AvgIpc) is 3.20. The number of halogens is 1. The van der Waals surface area contributed by atoms with Gasteiger partial charge in [0.1, 0.15) is 5.78 Å². The van der Waals surface area contributed by atoms with E-state index in [9.17, 15) is 19.8 Å². The van der Waals surface area contributed by atoms with E-state index in [0.717, 1.165) is 20.0 Å². The normalized spacial score (nSPS) is 22.7. The zero-order valence-electron chi connectivity index (χ0n) is 19.5. The summed E-state index contributed by atoms with van der Waals surface area (Å²) in [5, 5.41) is 31.8. The minimum absolute atomic E-state index is 0.0407. The molecule has 1 saturated carbocycles. The quantitative estimate of drug-likeness (QED) is 0.247. The van der Waals surface area contributed by atoms with Crippen molar-refractivity contribution in [2.75, 3.05) is 0 Å². The number of carbonyl (C=O) groups is 2. The van der Waals surface area contributed by atoms with Crippen molar-refractivity contribution in [3.63, 3.8) is 0 Å². The van der Waals surface area contributed by atoms with Gasteiger partial charge < -0.3 is 15.3 Å². The number of hydrogen-bond donors (Lipinski definition) is 3. The lowest BCUT2D eigenvalue weighted by atomic mass is 9.86. The van der Waals surface area contributed by atoms with E-state index < -0.39 is 35.4 Å². The number of unbranched alkanes of at least 4 members (excludes halogenated alkanes) is 1. The fraction of sp³-hybridized carbons (Fsp3) is 0.481. The monoisotopic (exact) mass is 502 g/mol. The second-order valence-corrected chi connectivity index (χ2v) is 10.9. The van der Waals surface area contributed by atoms with Crippen LogP contribution in [0.15, 0.2) is 36.4 Å². The van der Waals surface area contributed by atoms with Crippen molar-refractivity contribution in [2.24, 2.45) is 17.3 Å². The number of aliphatic carboxylic acids is 1. The number of carboxylic acid groups (broad SMARTS) is 1. The van der Waals surface area contributed by atoms with Crippen molar-refractivity contribution in [3.05, 3.63) is 46.3 Å². The van der Waals surface area contributed by atoms with E-state index >= 15 is 0 Å². The molecule has 3 rings (SSSR count). The molecule has 3 N–H and O–H groups in total. The van der Waals surface area contributed by atoms with E-state index in [1.54, 1.807) is 37.3 Å². The highest BCUT2D eigenvalue weighted by atomic mass is 35.5. The van der Waals surface area contributed by atoms with Crippen LogP contribution in [0, 0.1) is 29.1 Å². The van der Waals surface area contributed by atoms with Crippen LogP contribution in [-0.4, -0.2) is 39.3 Å². The summed E-state index contributed by atoms with van der Waals surface area (Å²) in [5.41, 5.74) is -0.889. The SMILES string of the molecule is CC1(C)C(=O)[C@H](CC#CCCCC(=O)O)[C@@H](C=CC(O)CCc2sc3ccccc3c2Cl)[C@@H]1O. The van der Waals surface area contributed by atoms with Gasteiger partial charge in [0.25, 0.3) is 0 Å². The number of thiophene rings is 1. The summed E-state index contributed by atoms with van der Waals surface area (Å²) >= 11 is 8.13. The Labute approximate surface area is 209 Å². The lowest BCUT2D eigenvalue weighted by molar-refractivity contribution is -0.137. The van der Waals surface area contributed by atoms with Crippen molar-refractivity contribution in [3.8, 4) is 11.8 Å². The number of fused-ring (bicyclic) bond motifs is 1. The molecule has 0 amide bonds. The summed E-state index contributed by atoms with van der Waals surface area (Å²) in [6, 6.07) is 7.95. The molecule has 1 fully saturated rings. The van der Waals surface area contributed by atoms with Gasteiger partial charge in [0.2, 0.25) is 0 Å². The van der Waals surface area contributed by atoms with E-state index in [2.05, 4.69) is 11.8 Å². The van der Waals surface area contributed by atoms with Crippen LogP contribution in [0.2, 0.25) is 5.02 Å². The van der Waals surface area contributed by atoms with E-state index in [1.807, 2.05) is 24.3 Å². The molecule has 0 spiro atoms. The highest BCUT2D eigenvalue weighted by Gasteiger charge is 2.53. The van der Waals surface area contributed by atoms with Gasteiger partial charge in [0.05, 0.1) is 22.6 Å². The third kappa shape index (κ3) is 6.09. The third-order valence-corrected chi connectivity index (χ3v) is 8.28. The molecule has 5 nitrogen and oxygen atoms in total. The van der Waals surface area contributed by atoms with Gasteiger partial charge in [-0.2, -0.15) is 0 Å². The summed E-state index contributed by atoms with van der Waals surface area (Å²) in [5.74, 6) is 4.14. The molecular weight excluding hydrogens is 472 g/mol. The fourth-order valence-electron chi connectivity index (χ4n) is 4.42. The third-order valence-electron chi connectivity index (χ3n) is 6.50. The first-order valence-electron chi connectivity index (χ1n) is 11.5. The van der Waals surface area contributed by atoms with Crippen LogP contribution in [0.5, 0.6) is 0 Å². The van der Waals surface area contributed by atoms with Gasteiger partial charge in [-0.1, -0.05) is 55.8 Å². The van der Waals surface area contributed by atoms with Crippen LogP contribution in [0.3, 0.4) is 0 Å². The van der Waals surface area contributed by atoms with E-state index in [4.69, 9.17) is 16.7 Å². The van der Waals surface area contributed by atoms with Crippen LogP contribution in [0.1, 0.15) is 50.8 Å². The van der Waals surface area contributed by atoms with E-state index in [0.29, 0.717) is 32.1 Å². The smallest absolute Gasteiger partial charge is 0.303 e. The van der Waals surface area contributed by atoms with Crippen LogP contribution >= 0.6 is 22.9 Å². The summed E-state index contributed by atoms with van der Waals surface area (Å²) in [7, 11) is 0. The van der Waals surface area contributed by atoms with Gasteiger partial charge in [0.15, 0.2) is 0 Å². The lowest BCUT2D eigenvalue weighted by Gasteiger charge is -2.22. The van der Waals surface area contributed by atoms with Gasteiger partial charge in [-0.3, -0.25) is 9.59 Å². The topological polar surface area (TPSA) is 94.8 Å². The Morgan fingerprint density at radius 1 is 1.29 bits per heavy atom. The number of benzene rings is 1. The number of aryl methyl sites for hydroxylation is 1. The average molecular weight is 503 g/mol. The maximum absolute atomic E-state index is 12.9. The van der Waals surface area contributed by atoms with Crippen LogP contribution in [-0.2, 0) is 16.0 Å². The number of carboxylic acids is 1. The summed E-state index contributed by atoms with van der Waals surface area (Å²) in [4.78, 5) is 24.5. The Morgan fingerprint density at radius 2 is 2.03 bits per heavy atom. The molecule has 182 valence electrons. The predicted molar refractivity (Wildman–Crippen MR) is 136 cm³/mol. The number of ketones is 1. The number of aliphatic hydroxyl groups is 2. The predicted octanol–water partition coefficient (Wildman–Crippen LogP) is 5.26. The fourth-order valence-corrected chi connectivity index (χ4v) is 5.97. The van der Waals surface area contributed by atoms with Gasteiger partial charge >= 0.3 is 5.97 Å². The van der Waals surface area contributed by atoms with Crippen LogP contribution in [0.25, 0.3) is 10.1 Å². The molecule has 7 heteroatoms. The molecule has 1 unspecified atom stereocenters. The molecule has 1 heterocycles. The zero-order valence-corrected chi connectivity index (χ0v) is 21.0. The molecule has 1 aliphatic rings. The van der Waals surface area contributed by atoms with Crippen molar-refractivity contribution in [1.29, 1.82) is 0 Å². The van der Waals surface area contributed by atoms with Crippen molar-refractivity contribution < 1.29 is 24.9 Å². The molecule has 0 aliphatic heterocycles. The molecule has 0 saturated heterocycles. The van der Waals surface area contributed by atoms with Crippen molar-refractivity contribution in [1.82, 2.24) is 0 Å². The van der Waals surface area contributed by atoms with E-state index in [1.165, 1.54) is 0 Å². The van der Waals surface area contributed by atoms with Gasteiger partial charge in [-0.15, -0.1) is 23.2 Å². The Balaban J connectivity index is 1.62. The first-order valence-corrected chi connectivity index (χ1v) is 12.7. The van der Waals surface area contributed by atoms with Gasteiger partial charge in [-0.25, -0.2) is 0 Å². The van der Waals surface area contributed by atoms with Crippen molar-refractivity contribution in [2.45, 2.75) is 64.6 Å². The Bertz CT molecular complexity index is 1120. The molecule has 2 aromatic rings. The lowest BCUT2D eigenvalue weighted by Crippen LogP contribution is -2.31. The Kier molecular flexibility index (Phi) is 8.95. The second kappa shape index (κ2) is 11.5. The minimum Gasteiger partial charge on any atom is -0.481 e. The summed E-state index contributed by atoms with van der Waals surface area (Å²) < 4.78 is 1.12. The summed E-state index contributed by atoms with van der Waals surface area (Å²) in [6.45, 7) is 3.47. The summed E-state index contributed by atoms with van der Waals surface area (Å²) in [6.07, 6.45) is 4.24. The molecule has 1 aliphatic carbocycles. The van der Waals surface area contributed by atoms with Crippen LogP contribution < -0.4 is 0 Å². The highest BCUT2D eigenvalue weighted by molar-refractivity contribution is 7.19. The first kappa shape index (κ1) is 26.4. The largest absolute Gasteiger partial charge is 0.481 e. The minimum atomic E-state index is -0.889. The highest BCUT2D eigenvalue weighted by Crippen LogP contribution is 2.44. The Hall–Kier alpha value is -2.17. The van der Waals surface area contributed by atoms with Crippen molar-refractivity contribution >= 4 is 44.8 Å². The molecule has 0 bridgehead atoms. The zero-order chi connectivity index (χ0) is 24.9. The standard InChI is InChI=1S/C27H31ClO5S/c1-27(2)25(32)18(9-5-3-4-6-12-23(30)31)19(26(27)33)15-13-17(29)14-16-22-24(28)20-10-7-8-11-21(20)34-22/h7-8,10-11,13,15,17-19,26,29,33H,4,6,9,12,14,16H2,1-2H3,(H,30,31)/t17?,18-,19-,26+/m1/s1. The molecular formula is C27H31ClO5S. The Morgan fingerprint density at radius 3 is 2.74 bits per heavy atom. The maximum Gasteiger partial charge on any atom is 0.303 e. The molecule has 34 heavy (non-hydrogen) atoms. The number of hydrogen-bond acceptors (Lipinski definition) is 5. The second-order valence-electron chi connectivity index (χ2n) is 9.35. The number of rotatable bonds is 9. The number of carbonyl (C=O) groups excluding carboxylic acids is 1. The van der Waals surface area contributed by atoms with Crippen LogP contribution in [0.4, 0.5) is 0 Å². The van der Waals surface area contributed by atoms with Gasteiger partial charge in [-0.05, 0) is 25.3 Å². The van der Waals surface area contributed by atoms with Gasteiger partial charge in [0, 0.05) is 46.1 Å². The number of Topliss-reactive ketones (excluding diaryl/α,β-unsaturated/α-hetero) is 1.